The average molecular weight is 372 g/mol. The Kier molecular flexibility index (Phi) is 6.30. The van der Waals surface area contributed by atoms with Crippen LogP contribution < -0.4 is 5.32 Å². The summed E-state index contributed by atoms with van der Waals surface area (Å²) in [6, 6.07) is 6.39. The van der Waals surface area contributed by atoms with E-state index in [4.69, 9.17) is 0 Å². The van der Waals surface area contributed by atoms with Crippen molar-refractivity contribution in [2.24, 2.45) is 5.92 Å². The van der Waals surface area contributed by atoms with Crippen LogP contribution in [-0.4, -0.2) is 29.3 Å². The third-order valence-electron chi connectivity index (χ3n) is 5.51. The minimum absolute atomic E-state index is 0.0276. The molecule has 1 atom stereocenters. The first-order valence-corrected chi connectivity index (χ1v) is 9.99. The van der Waals surface area contributed by atoms with Crippen LogP contribution in [0.4, 0.5) is 4.39 Å². The summed E-state index contributed by atoms with van der Waals surface area (Å²) in [7, 11) is 0. The molecule has 1 aliphatic heterocycles. The van der Waals surface area contributed by atoms with E-state index in [0.29, 0.717) is 24.6 Å². The molecule has 2 aliphatic rings. The third kappa shape index (κ3) is 4.76. The van der Waals surface area contributed by atoms with E-state index in [1.54, 1.807) is 12.1 Å². The van der Waals surface area contributed by atoms with Crippen molar-refractivity contribution in [3.8, 4) is 0 Å². The largest absolute Gasteiger partial charge is 0.356 e. The first-order valence-electron chi connectivity index (χ1n) is 9.99. The number of carbonyl (C=O) groups excluding carboxylic acids is 2. The van der Waals surface area contributed by atoms with Crippen LogP contribution in [0.1, 0.15) is 57.9 Å². The second-order valence-electron chi connectivity index (χ2n) is 8.03. The van der Waals surface area contributed by atoms with Crippen molar-refractivity contribution in [3.05, 3.63) is 46.8 Å². The zero-order chi connectivity index (χ0) is 19.4. The van der Waals surface area contributed by atoms with Crippen LogP contribution in [0.25, 0.3) is 0 Å². The summed E-state index contributed by atoms with van der Waals surface area (Å²) in [6.45, 7) is 5.36. The van der Waals surface area contributed by atoms with Crippen LogP contribution in [0.5, 0.6) is 0 Å². The van der Waals surface area contributed by atoms with Gasteiger partial charge in [-0.25, -0.2) is 4.39 Å². The second-order valence-corrected chi connectivity index (χ2v) is 8.03. The van der Waals surface area contributed by atoms with Gasteiger partial charge in [-0.1, -0.05) is 32.4 Å². The van der Waals surface area contributed by atoms with E-state index >= 15 is 0 Å². The minimum Gasteiger partial charge on any atom is -0.356 e. The molecule has 27 heavy (non-hydrogen) atoms. The molecule has 1 N–H and O–H groups in total. The van der Waals surface area contributed by atoms with E-state index < -0.39 is 0 Å². The maximum Gasteiger partial charge on any atom is 0.251 e. The Morgan fingerprint density at radius 1 is 1.26 bits per heavy atom. The lowest BCUT2D eigenvalue weighted by molar-refractivity contribution is -0.129. The molecule has 146 valence electrons. The molecule has 3 rings (SSSR count). The molecule has 1 saturated carbocycles. The molecule has 1 unspecified atom stereocenters. The van der Waals surface area contributed by atoms with Crippen molar-refractivity contribution in [2.45, 2.75) is 65.0 Å². The van der Waals surface area contributed by atoms with Crippen molar-refractivity contribution < 1.29 is 14.0 Å². The number of amides is 2. The molecular weight excluding hydrogens is 343 g/mol. The Balaban J connectivity index is 1.70. The highest BCUT2D eigenvalue weighted by Crippen LogP contribution is 2.38. The smallest absolute Gasteiger partial charge is 0.251 e. The van der Waals surface area contributed by atoms with Crippen LogP contribution >= 0.6 is 0 Å². The quantitative estimate of drug-likeness (QED) is 0.788. The number of rotatable bonds is 7. The molecule has 1 aromatic carbocycles. The number of nitrogens with one attached hydrogen (secondary N) is 1. The van der Waals surface area contributed by atoms with Gasteiger partial charge < -0.3 is 10.2 Å². The summed E-state index contributed by atoms with van der Waals surface area (Å²) in [4.78, 5) is 27.3. The van der Waals surface area contributed by atoms with E-state index in [0.717, 1.165) is 43.2 Å². The fourth-order valence-corrected chi connectivity index (χ4v) is 4.02. The first-order chi connectivity index (χ1) is 13.0. The Morgan fingerprint density at radius 2 is 2.00 bits per heavy atom. The summed E-state index contributed by atoms with van der Waals surface area (Å²) in [6.07, 6.45) is 5.11. The summed E-state index contributed by atoms with van der Waals surface area (Å²) < 4.78 is 13.2. The van der Waals surface area contributed by atoms with E-state index in [2.05, 4.69) is 19.2 Å². The molecule has 1 fully saturated rings. The minimum atomic E-state index is -0.276. The van der Waals surface area contributed by atoms with Crippen LogP contribution in [0.3, 0.4) is 0 Å². The van der Waals surface area contributed by atoms with Crippen molar-refractivity contribution in [1.82, 2.24) is 10.2 Å². The van der Waals surface area contributed by atoms with E-state index in [9.17, 15) is 14.0 Å². The van der Waals surface area contributed by atoms with Gasteiger partial charge >= 0.3 is 0 Å². The van der Waals surface area contributed by atoms with Gasteiger partial charge in [0.2, 0.25) is 5.91 Å². The Morgan fingerprint density at radius 3 is 2.70 bits per heavy atom. The van der Waals surface area contributed by atoms with E-state index in [1.165, 1.54) is 12.1 Å². The molecule has 1 aromatic rings. The van der Waals surface area contributed by atoms with Gasteiger partial charge in [0.05, 0.1) is 12.5 Å². The standard InChI is InChI=1S/C22H29FN2O2/c1-15(2)11-12-24-21(26)13-19-18-5-3-4-6-20(18)25(22(19)27)14-16-7-9-17(23)10-8-16/h7-10,15,20H,3-6,11-14H2,1-2H3,(H,24,26). The number of carbonyl (C=O) groups is 2. The van der Waals surface area contributed by atoms with Gasteiger partial charge in [0, 0.05) is 18.7 Å². The Labute approximate surface area is 160 Å². The zero-order valence-electron chi connectivity index (χ0n) is 16.3. The topological polar surface area (TPSA) is 49.4 Å². The number of benzene rings is 1. The number of fused-ring (bicyclic) bond motifs is 1. The normalized spacial score (nSPS) is 19.6. The highest BCUT2D eigenvalue weighted by Gasteiger charge is 2.40. The lowest BCUT2D eigenvalue weighted by Gasteiger charge is -2.30. The molecule has 1 heterocycles. The molecule has 1 aliphatic carbocycles. The SMILES string of the molecule is CC(C)CCNC(=O)CC1=C2CCCCC2N(Cc2ccc(F)cc2)C1=O. The first kappa shape index (κ1) is 19.6. The van der Waals surface area contributed by atoms with Gasteiger partial charge in [-0.15, -0.1) is 0 Å². The summed E-state index contributed by atoms with van der Waals surface area (Å²) in [5.41, 5.74) is 2.74. The molecule has 0 saturated heterocycles. The van der Waals surface area contributed by atoms with Gasteiger partial charge in [-0.05, 0) is 54.9 Å². The number of nitrogens with zero attached hydrogens (tertiary/aromatic N) is 1. The van der Waals surface area contributed by atoms with Crippen LogP contribution in [0.2, 0.25) is 0 Å². The molecule has 4 nitrogen and oxygen atoms in total. The van der Waals surface area contributed by atoms with E-state index in [1.807, 2.05) is 4.90 Å². The molecular formula is C22H29FN2O2. The number of halogens is 1. The lowest BCUT2D eigenvalue weighted by Crippen LogP contribution is -2.36. The highest BCUT2D eigenvalue weighted by molar-refractivity contribution is 6.02. The van der Waals surface area contributed by atoms with Crippen LogP contribution in [0, 0.1) is 11.7 Å². The number of hydrogen-bond acceptors (Lipinski definition) is 2. The highest BCUT2D eigenvalue weighted by atomic mass is 19.1. The van der Waals surface area contributed by atoms with Crippen molar-refractivity contribution in [2.75, 3.05) is 6.54 Å². The van der Waals surface area contributed by atoms with Gasteiger partial charge in [-0.3, -0.25) is 9.59 Å². The summed E-state index contributed by atoms with van der Waals surface area (Å²) in [5.74, 6) is 0.163. The van der Waals surface area contributed by atoms with Crippen molar-refractivity contribution in [3.63, 3.8) is 0 Å². The fourth-order valence-electron chi connectivity index (χ4n) is 4.02. The Hall–Kier alpha value is -2.17. The predicted octanol–water partition coefficient (Wildman–Crippen LogP) is 3.96. The van der Waals surface area contributed by atoms with Crippen LogP contribution in [0.15, 0.2) is 35.4 Å². The molecule has 0 radical (unpaired) electrons. The van der Waals surface area contributed by atoms with Crippen LogP contribution in [-0.2, 0) is 16.1 Å². The maximum absolute atomic E-state index is 13.2. The molecule has 0 spiro atoms. The molecule has 0 bridgehead atoms. The molecule has 0 aromatic heterocycles. The fraction of sp³-hybridized carbons (Fsp3) is 0.545. The number of hydrogen-bond donors (Lipinski definition) is 1. The third-order valence-corrected chi connectivity index (χ3v) is 5.51. The van der Waals surface area contributed by atoms with E-state index in [-0.39, 0.29) is 30.1 Å². The maximum atomic E-state index is 13.2. The lowest BCUT2D eigenvalue weighted by atomic mass is 9.88. The van der Waals surface area contributed by atoms with Crippen molar-refractivity contribution >= 4 is 11.8 Å². The van der Waals surface area contributed by atoms with Gasteiger partial charge in [-0.2, -0.15) is 0 Å². The summed E-state index contributed by atoms with van der Waals surface area (Å²) in [5, 5.41) is 2.94. The van der Waals surface area contributed by atoms with Gasteiger partial charge in [0.15, 0.2) is 0 Å². The van der Waals surface area contributed by atoms with Gasteiger partial charge in [0.1, 0.15) is 5.82 Å². The average Bonchev–Trinajstić information content (AvgIpc) is 2.89. The van der Waals surface area contributed by atoms with Crippen molar-refractivity contribution in [1.29, 1.82) is 0 Å². The monoisotopic (exact) mass is 372 g/mol. The Bertz CT molecular complexity index is 724. The second kappa shape index (κ2) is 8.68. The van der Waals surface area contributed by atoms with Gasteiger partial charge in [0.25, 0.3) is 5.91 Å². The molecule has 2 amide bonds. The summed E-state index contributed by atoms with van der Waals surface area (Å²) >= 11 is 0. The zero-order valence-corrected chi connectivity index (χ0v) is 16.3. The predicted molar refractivity (Wildman–Crippen MR) is 103 cm³/mol. The molecule has 5 heteroatoms.